The molecule has 1 heterocycles. The van der Waals surface area contributed by atoms with Crippen molar-refractivity contribution in [2.45, 2.75) is 0 Å². The summed E-state index contributed by atoms with van der Waals surface area (Å²) >= 11 is 0. The summed E-state index contributed by atoms with van der Waals surface area (Å²) < 4.78 is 5.06. The predicted molar refractivity (Wildman–Crippen MR) is 47.6 cm³/mol. The van der Waals surface area contributed by atoms with E-state index in [0.717, 1.165) is 10.8 Å². The smallest absolute Gasteiger partial charge is 0.341 e. The lowest BCUT2D eigenvalue weighted by atomic mass is 10.2. The Labute approximate surface area is 74.3 Å². The lowest BCUT2D eigenvalue weighted by Crippen LogP contribution is -2.17. The zero-order valence-corrected chi connectivity index (χ0v) is 6.73. The topological polar surface area (TPSA) is 70.3 Å². The van der Waals surface area contributed by atoms with E-state index < -0.39 is 6.03 Å². The van der Waals surface area contributed by atoms with Crippen LogP contribution in [0.25, 0.3) is 10.8 Å². The van der Waals surface area contributed by atoms with Gasteiger partial charge in [0.1, 0.15) is 6.26 Å². The minimum Gasteiger partial charge on any atom is -0.445 e. The van der Waals surface area contributed by atoms with E-state index in [1.54, 1.807) is 0 Å². The van der Waals surface area contributed by atoms with Gasteiger partial charge in [0.05, 0.1) is 0 Å². The van der Waals surface area contributed by atoms with Gasteiger partial charge in [-0.25, -0.2) is 4.79 Å². The van der Waals surface area contributed by atoms with Crippen LogP contribution < -0.4 is 11.1 Å². The zero-order valence-electron chi connectivity index (χ0n) is 6.73. The Kier molecular flexibility index (Phi) is 1.66. The quantitative estimate of drug-likeness (QED) is 0.717. The fourth-order valence-electron chi connectivity index (χ4n) is 1.16. The van der Waals surface area contributed by atoms with Crippen LogP contribution in [0.1, 0.15) is 0 Å². The lowest BCUT2D eigenvalue weighted by molar-refractivity contribution is 0.250. The third-order valence-corrected chi connectivity index (χ3v) is 1.70. The first kappa shape index (κ1) is 7.67. The molecule has 2 aromatic rings. The van der Waals surface area contributed by atoms with Gasteiger partial charge in [-0.05, 0) is 6.07 Å². The average molecular weight is 175 g/mol. The number of rotatable bonds is 1. The number of urea groups is 1. The molecule has 0 bridgehead atoms. The van der Waals surface area contributed by atoms with Crippen LogP contribution in [-0.2, 0) is 0 Å². The fraction of sp³-hybridized carbons (Fsp3) is 0. The van der Waals surface area contributed by atoms with Crippen molar-refractivity contribution in [3.8, 4) is 0 Å². The summed E-state index contributed by atoms with van der Waals surface area (Å²) in [6.45, 7) is 0. The number of carbonyl (C=O) groups is 1. The molecule has 2 rings (SSSR count). The Bertz CT molecular complexity index is 448. The second kappa shape index (κ2) is 2.82. The number of nitrogens with zero attached hydrogens (tertiary/aromatic N) is 1. The van der Waals surface area contributed by atoms with Crippen LogP contribution in [0.4, 0.5) is 10.7 Å². The molecule has 4 nitrogen and oxygen atoms in total. The van der Waals surface area contributed by atoms with Crippen LogP contribution in [0.3, 0.4) is 0 Å². The van der Waals surface area contributed by atoms with E-state index in [2.05, 4.69) is 5.32 Å². The molecule has 0 aliphatic carbocycles. The van der Waals surface area contributed by atoms with Crippen molar-refractivity contribution >= 4 is 22.7 Å². The molecular weight excluding hydrogens is 168 g/mol. The highest BCUT2D eigenvalue weighted by atomic mass is 16.3. The van der Waals surface area contributed by atoms with E-state index in [-0.39, 0.29) is 5.88 Å². The minimum absolute atomic E-state index is 0.267. The first-order chi connectivity index (χ1) is 6.27. The Morgan fingerprint density at radius 3 is 2.92 bits per heavy atom. The van der Waals surface area contributed by atoms with Crippen molar-refractivity contribution in [3.05, 3.63) is 30.5 Å². The minimum atomic E-state index is -0.750. The Balaban J connectivity index is 2.51. The van der Waals surface area contributed by atoms with Gasteiger partial charge in [-0.15, -0.1) is 0 Å². The first-order valence-electron chi connectivity index (χ1n) is 3.75. The molecule has 2 amide bonds. The Morgan fingerprint density at radius 2 is 2.15 bits per heavy atom. The van der Waals surface area contributed by atoms with Crippen LogP contribution in [0.2, 0.25) is 0 Å². The Hall–Kier alpha value is -1.97. The summed E-state index contributed by atoms with van der Waals surface area (Å²) in [6.07, 6.45) is 1.54. The summed E-state index contributed by atoms with van der Waals surface area (Å²) in [4.78, 5) is 10.5. The van der Waals surface area contributed by atoms with E-state index >= 15 is 0 Å². The summed E-state index contributed by atoms with van der Waals surface area (Å²) in [5.74, 6) is 0.267. The van der Waals surface area contributed by atoms with Gasteiger partial charge in [0, 0.05) is 10.8 Å². The normalized spacial score (nSPS) is 10.2. The molecule has 0 unspecified atom stereocenters. The van der Waals surface area contributed by atoms with E-state index in [9.17, 15) is 4.79 Å². The molecule has 0 fully saturated rings. The monoisotopic (exact) mass is 175 g/mol. The average Bonchev–Trinajstić information content (AvgIpc) is 2.48. The van der Waals surface area contributed by atoms with Gasteiger partial charge in [0.15, 0.2) is 0 Å². The van der Waals surface area contributed by atoms with E-state index in [1.807, 2.05) is 24.3 Å². The van der Waals surface area contributed by atoms with Crippen LogP contribution in [0.15, 0.2) is 34.9 Å². The molecule has 0 saturated heterocycles. The van der Waals surface area contributed by atoms with Gasteiger partial charge in [0.2, 0.25) is 5.88 Å². The second-order valence-electron chi connectivity index (χ2n) is 2.58. The number of amides is 2. The lowest BCUT2D eigenvalue weighted by Gasteiger charge is -1.92. The largest absolute Gasteiger partial charge is 0.445 e. The molecule has 0 spiro atoms. The third-order valence-electron chi connectivity index (χ3n) is 1.70. The number of carbonyl (C=O) groups excluding carboxylic acids is 1. The molecule has 65 valence electrons. The second-order valence-corrected chi connectivity index (χ2v) is 2.58. The van der Waals surface area contributed by atoms with E-state index in [1.165, 1.54) is 6.26 Å². The number of furan rings is 1. The summed E-state index contributed by atoms with van der Waals surface area (Å²) in [7, 11) is 0. The van der Waals surface area contributed by atoms with Crippen LogP contribution in [0, 0.1) is 0 Å². The molecule has 2 N–H and O–H groups in total. The number of nitrogens with two attached hydrogens (primary N) is 1. The van der Waals surface area contributed by atoms with Gasteiger partial charge >= 0.3 is 6.03 Å². The summed E-state index contributed by atoms with van der Waals surface area (Å²) in [5.41, 5.74) is 4.91. The van der Waals surface area contributed by atoms with Crippen LogP contribution >= 0.6 is 0 Å². The number of hydrogen-bond acceptors (Lipinski definition) is 2. The molecule has 0 aliphatic heterocycles. The summed E-state index contributed by atoms with van der Waals surface area (Å²) in [6, 6.07) is 6.67. The van der Waals surface area contributed by atoms with Gasteiger partial charge < -0.3 is 10.2 Å². The van der Waals surface area contributed by atoms with Crippen LogP contribution in [0.5, 0.6) is 0 Å². The van der Waals surface area contributed by atoms with Crippen molar-refractivity contribution in [1.29, 1.82) is 0 Å². The van der Waals surface area contributed by atoms with E-state index in [4.69, 9.17) is 10.2 Å². The first-order valence-corrected chi connectivity index (χ1v) is 3.75. The third kappa shape index (κ3) is 1.33. The van der Waals surface area contributed by atoms with Crippen molar-refractivity contribution in [2.75, 3.05) is 0 Å². The van der Waals surface area contributed by atoms with Crippen LogP contribution in [-0.4, -0.2) is 6.03 Å². The molecule has 1 radical (unpaired) electrons. The van der Waals surface area contributed by atoms with Gasteiger partial charge in [-0.2, -0.15) is 5.32 Å². The molecule has 4 heteroatoms. The van der Waals surface area contributed by atoms with E-state index in [0.29, 0.717) is 0 Å². The Morgan fingerprint density at radius 1 is 1.38 bits per heavy atom. The van der Waals surface area contributed by atoms with Gasteiger partial charge in [0.25, 0.3) is 0 Å². The maximum atomic E-state index is 10.5. The maximum Gasteiger partial charge on any atom is 0.341 e. The van der Waals surface area contributed by atoms with Crippen molar-refractivity contribution in [3.63, 3.8) is 0 Å². The molecule has 0 aliphatic rings. The van der Waals surface area contributed by atoms with Crippen molar-refractivity contribution < 1.29 is 9.21 Å². The fourth-order valence-corrected chi connectivity index (χ4v) is 1.16. The highest BCUT2D eigenvalue weighted by molar-refractivity contribution is 5.93. The number of benzene rings is 1. The highest BCUT2D eigenvalue weighted by Gasteiger charge is 2.08. The molecule has 1 aromatic carbocycles. The van der Waals surface area contributed by atoms with Gasteiger partial charge in [-0.3, -0.25) is 0 Å². The maximum absolute atomic E-state index is 10.5. The summed E-state index contributed by atoms with van der Waals surface area (Å²) in [5, 5.41) is 5.22. The zero-order chi connectivity index (χ0) is 9.26. The SMILES string of the molecule is NC(=O)[N]c1occ2ccccc12. The van der Waals surface area contributed by atoms with Gasteiger partial charge in [-0.1, -0.05) is 18.2 Å². The molecule has 0 atom stereocenters. The highest BCUT2D eigenvalue weighted by Crippen LogP contribution is 2.24. The molecule has 0 saturated carbocycles. The molecule has 13 heavy (non-hydrogen) atoms. The number of fused-ring (bicyclic) bond motifs is 1. The standard InChI is InChI=1S/C9H7N2O2/c10-9(12)11-8-7-4-2-1-3-6(7)5-13-8/h1-5H,(H2,10,12). The number of primary amides is 1. The molecular formula is C9H7N2O2. The number of hydrogen-bond donors (Lipinski definition) is 1. The van der Waals surface area contributed by atoms with Crippen molar-refractivity contribution in [1.82, 2.24) is 5.32 Å². The van der Waals surface area contributed by atoms with Crippen molar-refractivity contribution in [2.24, 2.45) is 5.73 Å². The predicted octanol–water partition coefficient (Wildman–Crippen LogP) is 1.75. The molecule has 1 aromatic heterocycles.